The van der Waals surface area contributed by atoms with Crippen molar-refractivity contribution in [1.29, 1.82) is 0 Å². The summed E-state index contributed by atoms with van der Waals surface area (Å²) in [7, 11) is 2.99. The lowest BCUT2D eigenvalue weighted by molar-refractivity contribution is -0.122. The van der Waals surface area contributed by atoms with Crippen LogP contribution in [0.4, 0.5) is 5.69 Å². The van der Waals surface area contributed by atoms with Crippen molar-refractivity contribution in [1.82, 2.24) is 9.47 Å². The molecule has 1 amide bonds. The number of carbonyl (C=O) groups excluding carboxylic acids is 2. The molecule has 210 valence electrons. The molecule has 0 atom stereocenters. The van der Waals surface area contributed by atoms with Crippen LogP contribution in [-0.2, 0) is 22.6 Å². The summed E-state index contributed by atoms with van der Waals surface area (Å²) in [5.41, 5.74) is 4.10. The van der Waals surface area contributed by atoms with Crippen LogP contribution in [0.15, 0.2) is 112 Å². The first-order valence-electron chi connectivity index (χ1n) is 13.2. The first-order valence-corrected chi connectivity index (χ1v) is 14.1. The van der Waals surface area contributed by atoms with E-state index in [2.05, 4.69) is 4.57 Å². The van der Waals surface area contributed by atoms with Crippen molar-refractivity contribution >= 4 is 51.5 Å². The average Bonchev–Trinajstić information content (AvgIpc) is 3.73. The summed E-state index contributed by atoms with van der Waals surface area (Å²) >= 11 is 1.33. The van der Waals surface area contributed by atoms with Crippen LogP contribution >= 0.6 is 11.8 Å². The SMILES string of the molecule is COC(=O)c1cccc(Cn2cc(/C=C3\SC(=Nc4ccc(OC)cc4)N(Cc4ccco4)C3=O)c3ccccc32)c1. The monoisotopic (exact) mass is 577 g/mol. The molecule has 9 heteroatoms. The van der Waals surface area contributed by atoms with Gasteiger partial charge in [-0.15, -0.1) is 0 Å². The van der Waals surface area contributed by atoms with Gasteiger partial charge >= 0.3 is 5.97 Å². The predicted molar refractivity (Wildman–Crippen MR) is 164 cm³/mol. The Morgan fingerprint density at radius 2 is 1.81 bits per heavy atom. The van der Waals surface area contributed by atoms with Gasteiger partial charge in [0, 0.05) is 29.2 Å². The number of rotatable bonds is 8. The van der Waals surface area contributed by atoms with Crippen LogP contribution in [0.3, 0.4) is 0 Å². The highest BCUT2D eigenvalue weighted by Gasteiger charge is 2.34. The van der Waals surface area contributed by atoms with E-state index in [0.29, 0.717) is 33.6 Å². The van der Waals surface area contributed by atoms with Gasteiger partial charge in [-0.2, -0.15) is 0 Å². The zero-order chi connectivity index (χ0) is 29.1. The fourth-order valence-electron chi connectivity index (χ4n) is 4.83. The van der Waals surface area contributed by atoms with Crippen molar-refractivity contribution in [2.75, 3.05) is 14.2 Å². The number of thioether (sulfide) groups is 1. The molecular weight excluding hydrogens is 550 g/mol. The van der Waals surface area contributed by atoms with Gasteiger partial charge in [0.15, 0.2) is 5.17 Å². The predicted octanol–water partition coefficient (Wildman–Crippen LogP) is 6.88. The number of amidine groups is 1. The fraction of sp³-hybridized carbons (Fsp3) is 0.121. The lowest BCUT2D eigenvalue weighted by Gasteiger charge is -2.13. The number of ether oxygens (including phenoxy) is 2. The van der Waals surface area contributed by atoms with E-state index in [1.165, 1.54) is 18.9 Å². The van der Waals surface area contributed by atoms with Gasteiger partial charge in [0.05, 0.1) is 43.2 Å². The highest BCUT2D eigenvalue weighted by molar-refractivity contribution is 8.18. The zero-order valence-corrected chi connectivity index (χ0v) is 23.8. The number of esters is 1. The van der Waals surface area contributed by atoms with E-state index >= 15 is 0 Å². The van der Waals surface area contributed by atoms with Gasteiger partial charge in [0.25, 0.3) is 5.91 Å². The summed E-state index contributed by atoms with van der Waals surface area (Å²) in [5, 5.41) is 1.58. The molecule has 0 saturated carbocycles. The number of aliphatic imine (C=N–C) groups is 1. The third-order valence-electron chi connectivity index (χ3n) is 6.89. The van der Waals surface area contributed by atoms with Gasteiger partial charge in [0.1, 0.15) is 11.5 Å². The van der Waals surface area contributed by atoms with Crippen LogP contribution in [0.2, 0.25) is 0 Å². The summed E-state index contributed by atoms with van der Waals surface area (Å²) in [6, 6.07) is 26.5. The van der Waals surface area contributed by atoms with E-state index in [-0.39, 0.29) is 18.4 Å². The summed E-state index contributed by atoms with van der Waals surface area (Å²) in [6.07, 6.45) is 5.55. The smallest absolute Gasteiger partial charge is 0.337 e. The standard InChI is InChI=1S/C33H27N3O5S/c1-39-26-14-12-25(13-15-26)34-33-36(21-27-9-6-16-41-27)31(37)30(42-33)18-24-20-35(29-11-4-3-10-28(24)29)19-22-7-5-8-23(17-22)32(38)40-2/h3-18,20H,19,21H2,1-2H3/b30-18-,34-33?. The van der Waals surface area contributed by atoms with Crippen molar-refractivity contribution in [2.24, 2.45) is 4.99 Å². The lowest BCUT2D eigenvalue weighted by Crippen LogP contribution is -2.28. The van der Waals surface area contributed by atoms with Gasteiger partial charge in [-0.3, -0.25) is 9.69 Å². The van der Waals surface area contributed by atoms with Crippen molar-refractivity contribution in [3.05, 3.63) is 125 Å². The van der Waals surface area contributed by atoms with Crippen LogP contribution in [0.25, 0.3) is 17.0 Å². The molecule has 1 aliphatic heterocycles. The molecule has 0 spiro atoms. The number of furan rings is 1. The number of nitrogens with zero attached hydrogens (tertiary/aromatic N) is 3. The largest absolute Gasteiger partial charge is 0.497 e. The average molecular weight is 578 g/mol. The van der Waals surface area contributed by atoms with E-state index < -0.39 is 0 Å². The molecule has 0 N–H and O–H groups in total. The summed E-state index contributed by atoms with van der Waals surface area (Å²) < 4.78 is 17.8. The van der Waals surface area contributed by atoms with E-state index in [1.54, 1.807) is 30.4 Å². The van der Waals surface area contributed by atoms with Crippen molar-refractivity contribution in [3.63, 3.8) is 0 Å². The van der Waals surface area contributed by atoms with E-state index in [9.17, 15) is 9.59 Å². The minimum Gasteiger partial charge on any atom is -0.497 e. The highest BCUT2D eigenvalue weighted by atomic mass is 32.2. The maximum absolute atomic E-state index is 13.7. The summed E-state index contributed by atoms with van der Waals surface area (Å²) in [4.78, 5) is 32.8. The van der Waals surface area contributed by atoms with Gasteiger partial charge < -0.3 is 18.5 Å². The van der Waals surface area contributed by atoms with Crippen LogP contribution in [-0.4, -0.2) is 40.7 Å². The molecule has 3 aromatic carbocycles. The fourth-order valence-corrected chi connectivity index (χ4v) is 5.82. The number of carbonyl (C=O) groups is 2. The Hall–Kier alpha value is -5.02. The molecule has 0 unspecified atom stereocenters. The number of fused-ring (bicyclic) bond motifs is 1. The van der Waals surface area contributed by atoms with Gasteiger partial charge in [0.2, 0.25) is 0 Å². The Balaban J connectivity index is 1.36. The number of methoxy groups -OCH3 is 2. The normalized spacial score (nSPS) is 15.2. The lowest BCUT2D eigenvalue weighted by atomic mass is 10.1. The topological polar surface area (TPSA) is 86.3 Å². The molecule has 8 nitrogen and oxygen atoms in total. The Morgan fingerprint density at radius 1 is 0.976 bits per heavy atom. The quantitative estimate of drug-likeness (QED) is 0.148. The molecule has 1 saturated heterocycles. The molecule has 1 fully saturated rings. The number of hydrogen-bond donors (Lipinski definition) is 0. The minimum absolute atomic E-state index is 0.147. The number of benzene rings is 3. The van der Waals surface area contributed by atoms with E-state index in [4.69, 9.17) is 18.9 Å². The third-order valence-corrected chi connectivity index (χ3v) is 7.89. The van der Waals surface area contributed by atoms with Crippen LogP contribution in [0, 0.1) is 0 Å². The molecule has 5 aromatic rings. The second-order valence-electron chi connectivity index (χ2n) is 9.60. The number of aromatic nitrogens is 1. The van der Waals surface area contributed by atoms with Gasteiger partial charge in [-0.1, -0.05) is 30.3 Å². The molecular formula is C33H27N3O5S. The van der Waals surface area contributed by atoms with Crippen LogP contribution < -0.4 is 4.74 Å². The van der Waals surface area contributed by atoms with Gasteiger partial charge in [-0.25, -0.2) is 9.79 Å². The number of amides is 1. The third kappa shape index (κ3) is 5.59. The molecule has 0 radical (unpaired) electrons. The molecule has 1 aliphatic rings. The summed E-state index contributed by atoms with van der Waals surface area (Å²) in [5.74, 6) is 0.878. The molecule has 0 bridgehead atoms. The van der Waals surface area contributed by atoms with Gasteiger partial charge in [-0.05, 0) is 78.0 Å². The van der Waals surface area contributed by atoms with Crippen LogP contribution in [0.1, 0.15) is 27.2 Å². The summed E-state index contributed by atoms with van der Waals surface area (Å²) in [6.45, 7) is 0.813. The Morgan fingerprint density at radius 3 is 2.57 bits per heavy atom. The van der Waals surface area contributed by atoms with E-state index in [1.807, 2.05) is 85.1 Å². The minimum atomic E-state index is -0.373. The Kier molecular flexibility index (Phi) is 7.66. The van der Waals surface area contributed by atoms with Crippen molar-refractivity contribution < 1.29 is 23.5 Å². The second-order valence-corrected chi connectivity index (χ2v) is 10.6. The first-order chi connectivity index (χ1) is 20.5. The maximum atomic E-state index is 13.7. The number of para-hydroxylation sites is 1. The molecule has 0 aliphatic carbocycles. The Labute approximate surface area is 246 Å². The molecule has 42 heavy (non-hydrogen) atoms. The highest BCUT2D eigenvalue weighted by Crippen LogP contribution is 2.37. The van der Waals surface area contributed by atoms with Crippen molar-refractivity contribution in [2.45, 2.75) is 13.1 Å². The molecule has 2 aromatic heterocycles. The van der Waals surface area contributed by atoms with Crippen molar-refractivity contribution in [3.8, 4) is 5.75 Å². The second kappa shape index (κ2) is 11.8. The number of hydrogen-bond acceptors (Lipinski definition) is 7. The van der Waals surface area contributed by atoms with Crippen LogP contribution in [0.5, 0.6) is 5.75 Å². The first kappa shape index (κ1) is 27.2. The molecule has 6 rings (SSSR count). The maximum Gasteiger partial charge on any atom is 0.337 e. The molecule has 3 heterocycles. The zero-order valence-electron chi connectivity index (χ0n) is 23.0. The Bertz CT molecular complexity index is 1820. The van der Waals surface area contributed by atoms with E-state index in [0.717, 1.165) is 27.8 Å².